The maximum atomic E-state index is 15.7. The molecule has 51 heavy (non-hydrogen) atoms. The standard InChI is InChI=1S/C39H42F2N4O5S/c1-24(36(46)49-6)19-25-9-7-10-26(20-25)39(4)16-8-15-38(2,3)23-51(47,48)18-14-29-28-13-17-42-33(28)22-32(41)34(29)50-27-11-12-31(40)30(21-27)35-43-37(39)44-45(35)5/h7,9-14,17-18,20-22,24,42H,8,15-16,19,23H2,1-6H3/b18-14+/t24-,39?/m1/s1. The van der Waals surface area contributed by atoms with E-state index in [4.69, 9.17) is 19.6 Å². The number of esters is 1. The smallest absolute Gasteiger partial charge is 0.308 e. The van der Waals surface area contributed by atoms with Gasteiger partial charge in [0.15, 0.2) is 33.1 Å². The molecule has 12 heteroatoms. The summed E-state index contributed by atoms with van der Waals surface area (Å²) in [6.07, 6.45) is 5.20. The predicted molar refractivity (Wildman–Crippen MR) is 193 cm³/mol. The fourth-order valence-electron chi connectivity index (χ4n) is 6.98. The number of methoxy groups -OCH3 is 1. The number of fused-ring (bicyclic) bond motifs is 8. The van der Waals surface area contributed by atoms with E-state index in [1.54, 1.807) is 19.3 Å². The number of aromatic nitrogens is 4. The second-order valence-corrected chi connectivity index (χ2v) is 16.3. The van der Waals surface area contributed by atoms with Crippen LogP contribution in [0.2, 0.25) is 0 Å². The number of hydrogen-bond donors (Lipinski definition) is 1. The van der Waals surface area contributed by atoms with Crippen LogP contribution in [0.15, 0.2) is 66.2 Å². The zero-order valence-corrected chi connectivity index (χ0v) is 30.4. The second kappa shape index (κ2) is 13.7. The number of ether oxygens (including phenoxy) is 2. The van der Waals surface area contributed by atoms with Crippen molar-refractivity contribution < 1.29 is 31.5 Å². The number of carbonyl (C=O) groups excluding carboxylic acids is 1. The first-order valence-electron chi connectivity index (χ1n) is 16.9. The topological polar surface area (TPSA) is 116 Å². The molecular formula is C39H42F2N4O5S. The lowest BCUT2D eigenvalue weighted by Gasteiger charge is -2.30. The van der Waals surface area contributed by atoms with Crippen molar-refractivity contribution >= 4 is 32.8 Å². The van der Waals surface area contributed by atoms with Crippen LogP contribution >= 0.6 is 0 Å². The molecule has 0 amide bonds. The number of nitrogens with zero attached hydrogens (tertiary/aromatic N) is 3. The SMILES string of the molecule is COC(=O)[C@H](C)Cc1cccc(C2(C)CCCC(C)(C)CS(=O)(=O)/C=C/c3c(c(F)cc4[nH]ccc34)Oc3ccc(F)c(c3)-c3nc2nn3C)c1. The molecule has 1 N–H and O–H groups in total. The van der Waals surface area contributed by atoms with Crippen molar-refractivity contribution in [1.82, 2.24) is 19.7 Å². The summed E-state index contributed by atoms with van der Waals surface area (Å²) < 4.78 is 71.0. The molecule has 1 aliphatic heterocycles. The molecule has 9 nitrogen and oxygen atoms in total. The average molecular weight is 717 g/mol. The fourth-order valence-corrected chi connectivity index (χ4v) is 8.65. The van der Waals surface area contributed by atoms with E-state index in [-0.39, 0.29) is 46.1 Å². The molecule has 0 saturated carbocycles. The Labute approximate surface area is 296 Å². The molecule has 2 aromatic heterocycles. The third-order valence-electron chi connectivity index (χ3n) is 9.73. The molecule has 0 aliphatic carbocycles. The molecule has 268 valence electrons. The highest BCUT2D eigenvalue weighted by Crippen LogP contribution is 2.41. The van der Waals surface area contributed by atoms with E-state index in [2.05, 4.69) is 4.98 Å². The van der Waals surface area contributed by atoms with Crippen molar-refractivity contribution in [2.45, 2.75) is 58.8 Å². The third kappa shape index (κ3) is 7.46. The van der Waals surface area contributed by atoms with Crippen LogP contribution in [0, 0.1) is 23.0 Å². The molecule has 2 atom stereocenters. The van der Waals surface area contributed by atoms with Gasteiger partial charge in [0.05, 0.1) is 29.8 Å². The van der Waals surface area contributed by atoms with Crippen molar-refractivity contribution in [2.75, 3.05) is 12.9 Å². The van der Waals surface area contributed by atoms with Gasteiger partial charge in [-0.15, -0.1) is 0 Å². The number of carbonyl (C=O) groups is 1. The van der Waals surface area contributed by atoms with Crippen molar-refractivity contribution in [3.63, 3.8) is 0 Å². The normalized spacial score (nSPS) is 20.0. The highest BCUT2D eigenvalue weighted by Gasteiger charge is 2.36. The van der Waals surface area contributed by atoms with Crippen LogP contribution in [-0.2, 0) is 38.3 Å². The Morgan fingerprint density at radius 1 is 1.08 bits per heavy atom. The zero-order chi connectivity index (χ0) is 36.7. The zero-order valence-electron chi connectivity index (χ0n) is 29.6. The first-order valence-corrected chi connectivity index (χ1v) is 18.6. The van der Waals surface area contributed by atoms with Gasteiger partial charge in [-0.2, -0.15) is 5.10 Å². The number of rotatable bonds is 4. The summed E-state index contributed by atoms with van der Waals surface area (Å²) in [6.45, 7) is 7.67. The van der Waals surface area contributed by atoms with Gasteiger partial charge in [0.25, 0.3) is 0 Å². The molecule has 0 spiro atoms. The number of benzene rings is 3. The van der Waals surface area contributed by atoms with Gasteiger partial charge < -0.3 is 14.5 Å². The summed E-state index contributed by atoms with van der Waals surface area (Å²) >= 11 is 0. The maximum Gasteiger partial charge on any atom is 0.308 e. The molecule has 1 aliphatic rings. The minimum absolute atomic E-state index is 0.0989. The molecule has 0 saturated heterocycles. The molecule has 1 unspecified atom stereocenters. The lowest BCUT2D eigenvalue weighted by molar-refractivity contribution is -0.144. The highest BCUT2D eigenvalue weighted by atomic mass is 32.2. The van der Waals surface area contributed by atoms with Crippen molar-refractivity contribution in [3.8, 4) is 22.9 Å². The maximum absolute atomic E-state index is 15.7. The first-order chi connectivity index (χ1) is 24.1. The molecule has 6 rings (SSSR count). The van der Waals surface area contributed by atoms with Crippen molar-refractivity contribution in [3.05, 3.63) is 100 Å². The minimum atomic E-state index is -3.77. The summed E-state index contributed by atoms with van der Waals surface area (Å²) in [7, 11) is -0.711. The molecule has 5 aromatic rings. The van der Waals surface area contributed by atoms with Crippen LogP contribution in [-0.4, -0.2) is 47.0 Å². The van der Waals surface area contributed by atoms with Gasteiger partial charge in [-0.1, -0.05) is 51.5 Å². The molecule has 0 radical (unpaired) electrons. The van der Waals surface area contributed by atoms with Gasteiger partial charge >= 0.3 is 5.97 Å². The summed E-state index contributed by atoms with van der Waals surface area (Å²) in [5.41, 5.74) is 1.23. The number of hydrogen-bond acceptors (Lipinski definition) is 7. The van der Waals surface area contributed by atoms with E-state index in [0.29, 0.717) is 42.4 Å². The van der Waals surface area contributed by atoms with E-state index in [1.807, 2.05) is 52.0 Å². The predicted octanol–water partition coefficient (Wildman–Crippen LogP) is 8.29. The second-order valence-electron chi connectivity index (χ2n) is 14.5. The summed E-state index contributed by atoms with van der Waals surface area (Å²) in [4.78, 5) is 20.1. The average Bonchev–Trinajstić information content (AvgIpc) is 3.70. The molecule has 3 heterocycles. The Balaban J connectivity index is 1.50. The van der Waals surface area contributed by atoms with Gasteiger partial charge in [-0.25, -0.2) is 26.9 Å². The van der Waals surface area contributed by atoms with Gasteiger partial charge in [-0.05, 0) is 73.1 Å². The monoisotopic (exact) mass is 716 g/mol. The molecular weight excluding hydrogens is 675 g/mol. The number of aromatic amines is 1. The lowest BCUT2D eigenvalue weighted by atomic mass is 9.75. The summed E-state index contributed by atoms with van der Waals surface area (Å²) in [5.74, 6) is -1.46. The number of halogens is 2. The van der Waals surface area contributed by atoms with Crippen LogP contribution in [0.25, 0.3) is 28.4 Å². The van der Waals surface area contributed by atoms with Gasteiger partial charge in [-0.3, -0.25) is 4.79 Å². The molecule has 4 bridgehead atoms. The van der Waals surface area contributed by atoms with Crippen LogP contribution < -0.4 is 4.74 Å². The number of nitrogens with one attached hydrogen (secondary N) is 1. The highest BCUT2D eigenvalue weighted by molar-refractivity contribution is 7.94. The van der Waals surface area contributed by atoms with E-state index in [9.17, 15) is 13.2 Å². The number of aryl methyl sites for hydroxylation is 1. The Bertz CT molecular complexity index is 2260. The van der Waals surface area contributed by atoms with E-state index < -0.39 is 32.3 Å². The Hall–Kier alpha value is -4.84. The minimum Gasteiger partial charge on any atom is -0.469 e. The number of H-pyrrole nitrogens is 1. The molecule has 3 aromatic carbocycles. The van der Waals surface area contributed by atoms with E-state index >= 15 is 8.78 Å². The van der Waals surface area contributed by atoms with E-state index in [0.717, 1.165) is 16.5 Å². The summed E-state index contributed by atoms with van der Waals surface area (Å²) in [6, 6.07) is 14.9. The van der Waals surface area contributed by atoms with Crippen LogP contribution in [0.3, 0.4) is 0 Å². The van der Waals surface area contributed by atoms with Crippen LogP contribution in [0.1, 0.15) is 69.5 Å². The summed E-state index contributed by atoms with van der Waals surface area (Å²) in [5, 5.41) is 6.50. The lowest BCUT2D eigenvalue weighted by Crippen LogP contribution is -2.28. The molecule has 0 fully saturated rings. The quantitative estimate of drug-likeness (QED) is 0.186. The van der Waals surface area contributed by atoms with Gasteiger partial charge in [0.2, 0.25) is 0 Å². The first kappa shape index (κ1) is 36.0. The third-order valence-corrected chi connectivity index (χ3v) is 11.5. The Morgan fingerprint density at radius 2 is 1.86 bits per heavy atom. The van der Waals surface area contributed by atoms with Crippen LogP contribution in [0.5, 0.6) is 11.5 Å². The van der Waals surface area contributed by atoms with Crippen molar-refractivity contribution in [1.29, 1.82) is 0 Å². The van der Waals surface area contributed by atoms with Gasteiger partial charge in [0.1, 0.15) is 11.6 Å². The van der Waals surface area contributed by atoms with E-state index in [1.165, 1.54) is 42.1 Å². The fraction of sp³-hybridized carbons (Fsp3) is 0.359. The van der Waals surface area contributed by atoms with Gasteiger partial charge in [0, 0.05) is 41.2 Å². The van der Waals surface area contributed by atoms with Crippen molar-refractivity contribution in [2.24, 2.45) is 18.4 Å². The number of sulfone groups is 1. The largest absolute Gasteiger partial charge is 0.469 e. The van der Waals surface area contributed by atoms with Crippen LogP contribution in [0.4, 0.5) is 8.78 Å². The Morgan fingerprint density at radius 3 is 2.63 bits per heavy atom. The Kier molecular flexibility index (Phi) is 9.67.